The Labute approximate surface area is 139 Å². The van der Waals surface area contributed by atoms with Gasteiger partial charge in [-0.15, -0.1) is 0 Å². The van der Waals surface area contributed by atoms with Crippen LogP contribution in [-0.4, -0.2) is 50.4 Å². The van der Waals surface area contributed by atoms with E-state index in [1.54, 1.807) is 13.1 Å². The van der Waals surface area contributed by atoms with E-state index in [1.807, 2.05) is 10.8 Å². The zero-order valence-electron chi connectivity index (χ0n) is 13.6. The van der Waals surface area contributed by atoms with Crippen molar-refractivity contribution in [3.05, 3.63) is 18.2 Å². The number of fused-ring (bicyclic) bond motifs is 1. The number of nitrogens with one attached hydrogen (secondary N) is 2. The summed E-state index contributed by atoms with van der Waals surface area (Å²) in [6.07, 6.45) is 7.15. The highest BCUT2D eigenvalue weighted by Crippen LogP contribution is 2.42. The number of carbonyl (C=O) groups excluding carboxylic acids is 3. The van der Waals surface area contributed by atoms with Gasteiger partial charge in [0.15, 0.2) is 0 Å². The number of rotatable bonds is 4. The normalized spacial score (nSPS) is 29.4. The SMILES string of the molecule is C[C@]1(C2CC2)NC(=O)N(CC(=O)N[C@@H]2CCc3nccn3C2)C1=O. The molecule has 1 aromatic heterocycles. The van der Waals surface area contributed by atoms with E-state index < -0.39 is 11.6 Å². The van der Waals surface area contributed by atoms with Gasteiger partial charge in [0.2, 0.25) is 5.91 Å². The summed E-state index contributed by atoms with van der Waals surface area (Å²) in [5.74, 6) is 0.632. The molecule has 1 saturated heterocycles. The van der Waals surface area contributed by atoms with Crippen LogP contribution in [0.2, 0.25) is 0 Å². The van der Waals surface area contributed by atoms with Crippen molar-refractivity contribution in [2.75, 3.05) is 6.54 Å². The van der Waals surface area contributed by atoms with Gasteiger partial charge in [-0.3, -0.25) is 14.5 Å². The molecule has 1 aliphatic carbocycles. The van der Waals surface area contributed by atoms with Crippen LogP contribution in [0.5, 0.6) is 0 Å². The first-order chi connectivity index (χ1) is 11.5. The smallest absolute Gasteiger partial charge is 0.325 e. The zero-order chi connectivity index (χ0) is 16.9. The van der Waals surface area contributed by atoms with Crippen LogP contribution in [0.3, 0.4) is 0 Å². The Morgan fingerprint density at radius 2 is 2.21 bits per heavy atom. The van der Waals surface area contributed by atoms with E-state index in [0.717, 1.165) is 36.4 Å². The third-order valence-corrected chi connectivity index (χ3v) is 5.30. The van der Waals surface area contributed by atoms with Gasteiger partial charge in [-0.1, -0.05) is 0 Å². The summed E-state index contributed by atoms with van der Waals surface area (Å²) in [7, 11) is 0. The summed E-state index contributed by atoms with van der Waals surface area (Å²) < 4.78 is 2.02. The topological polar surface area (TPSA) is 96.3 Å². The van der Waals surface area contributed by atoms with Crippen molar-refractivity contribution in [1.82, 2.24) is 25.1 Å². The molecule has 0 unspecified atom stereocenters. The molecular weight excluding hydrogens is 310 g/mol. The maximum absolute atomic E-state index is 12.5. The van der Waals surface area contributed by atoms with E-state index in [9.17, 15) is 14.4 Å². The Hall–Kier alpha value is -2.38. The minimum absolute atomic E-state index is 0.00483. The minimum atomic E-state index is -0.839. The second-order valence-corrected chi connectivity index (χ2v) is 7.10. The molecule has 2 fully saturated rings. The Kier molecular flexibility index (Phi) is 3.36. The largest absolute Gasteiger partial charge is 0.350 e. The monoisotopic (exact) mass is 331 g/mol. The fourth-order valence-corrected chi connectivity index (χ4v) is 3.70. The molecule has 2 atom stereocenters. The summed E-state index contributed by atoms with van der Waals surface area (Å²) >= 11 is 0. The van der Waals surface area contributed by atoms with Crippen LogP contribution in [0, 0.1) is 5.92 Å². The number of nitrogens with zero attached hydrogens (tertiary/aromatic N) is 3. The number of carbonyl (C=O) groups is 3. The third kappa shape index (κ3) is 2.46. The Balaban J connectivity index is 1.36. The van der Waals surface area contributed by atoms with Crippen molar-refractivity contribution >= 4 is 17.8 Å². The molecule has 128 valence electrons. The summed E-state index contributed by atoms with van der Waals surface area (Å²) in [6.45, 7) is 2.20. The van der Waals surface area contributed by atoms with Crippen LogP contribution >= 0.6 is 0 Å². The number of imidazole rings is 1. The predicted octanol–water partition coefficient (Wildman–Crippen LogP) is 0.0346. The third-order valence-electron chi connectivity index (χ3n) is 5.30. The molecule has 2 N–H and O–H groups in total. The second-order valence-electron chi connectivity index (χ2n) is 7.10. The van der Waals surface area contributed by atoms with Crippen molar-refractivity contribution in [3.63, 3.8) is 0 Å². The molecular formula is C16H21N5O3. The molecule has 4 amide bonds. The van der Waals surface area contributed by atoms with Crippen molar-refractivity contribution in [2.24, 2.45) is 5.92 Å². The molecule has 4 rings (SSSR count). The van der Waals surface area contributed by atoms with Crippen molar-refractivity contribution in [2.45, 2.75) is 50.7 Å². The molecule has 3 aliphatic rings. The molecule has 0 spiro atoms. The van der Waals surface area contributed by atoms with Gasteiger partial charge in [0.05, 0.1) is 0 Å². The fourth-order valence-electron chi connectivity index (χ4n) is 3.70. The number of aromatic nitrogens is 2. The standard InChI is InChI=1S/C16H21N5O3/c1-16(10-2-3-10)14(23)21(15(24)19-16)9-13(22)18-11-4-5-12-17-6-7-20(12)8-11/h6-7,10-11H,2-5,8-9H2,1H3,(H,18,22)(H,19,24)/t11-,16-/m1/s1. The molecule has 3 heterocycles. The fraction of sp³-hybridized carbons (Fsp3) is 0.625. The Bertz CT molecular complexity index is 710. The molecule has 1 aromatic rings. The summed E-state index contributed by atoms with van der Waals surface area (Å²) in [5, 5.41) is 5.68. The van der Waals surface area contributed by atoms with Crippen LogP contribution in [0.15, 0.2) is 12.4 Å². The predicted molar refractivity (Wildman–Crippen MR) is 83.9 cm³/mol. The molecule has 0 bridgehead atoms. The highest BCUT2D eigenvalue weighted by molar-refractivity contribution is 6.09. The lowest BCUT2D eigenvalue weighted by Gasteiger charge is -2.25. The molecule has 24 heavy (non-hydrogen) atoms. The van der Waals surface area contributed by atoms with Gasteiger partial charge in [0.25, 0.3) is 5.91 Å². The van der Waals surface area contributed by atoms with Crippen molar-refractivity contribution in [3.8, 4) is 0 Å². The van der Waals surface area contributed by atoms with E-state index in [0.29, 0.717) is 6.54 Å². The van der Waals surface area contributed by atoms with Crippen LogP contribution in [0.25, 0.3) is 0 Å². The number of urea groups is 1. The number of imide groups is 1. The van der Waals surface area contributed by atoms with Crippen LogP contribution in [0.4, 0.5) is 4.79 Å². The first kappa shape index (κ1) is 15.2. The first-order valence-corrected chi connectivity index (χ1v) is 8.41. The van der Waals surface area contributed by atoms with Crippen molar-refractivity contribution in [1.29, 1.82) is 0 Å². The number of hydrogen-bond acceptors (Lipinski definition) is 4. The number of aryl methyl sites for hydroxylation is 1. The van der Waals surface area contributed by atoms with Gasteiger partial charge in [-0.2, -0.15) is 0 Å². The first-order valence-electron chi connectivity index (χ1n) is 8.41. The molecule has 8 nitrogen and oxygen atoms in total. The maximum Gasteiger partial charge on any atom is 0.325 e. The van der Waals surface area contributed by atoms with Gasteiger partial charge in [-0.05, 0) is 32.1 Å². The number of hydrogen-bond donors (Lipinski definition) is 2. The number of amides is 4. The minimum Gasteiger partial charge on any atom is -0.350 e. The maximum atomic E-state index is 12.5. The van der Waals surface area contributed by atoms with Gasteiger partial charge in [0.1, 0.15) is 17.9 Å². The molecule has 1 saturated carbocycles. The summed E-state index contributed by atoms with van der Waals surface area (Å²) in [5.41, 5.74) is -0.839. The van der Waals surface area contributed by atoms with E-state index >= 15 is 0 Å². The Morgan fingerprint density at radius 1 is 1.42 bits per heavy atom. The molecule has 2 aliphatic heterocycles. The quantitative estimate of drug-likeness (QED) is 0.761. The summed E-state index contributed by atoms with van der Waals surface area (Å²) in [6, 6.07) is -0.472. The summed E-state index contributed by atoms with van der Waals surface area (Å²) in [4.78, 5) is 42.2. The second kappa shape index (κ2) is 5.32. The van der Waals surface area contributed by atoms with E-state index in [4.69, 9.17) is 0 Å². The van der Waals surface area contributed by atoms with Crippen LogP contribution < -0.4 is 10.6 Å². The lowest BCUT2D eigenvalue weighted by Crippen LogP contribution is -2.48. The van der Waals surface area contributed by atoms with E-state index in [-0.39, 0.29) is 30.3 Å². The average molecular weight is 331 g/mol. The highest BCUT2D eigenvalue weighted by Gasteiger charge is 2.56. The van der Waals surface area contributed by atoms with Gasteiger partial charge in [-0.25, -0.2) is 9.78 Å². The van der Waals surface area contributed by atoms with Gasteiger partial charge < -0.3 is 15.2 Å². The highest BCUT2D eigenvalue weighted by atomic mass is 16.2. The van der Waals surface area contributed by atoms with Gasteiger partial charge in [0, 0.05) is 31.4 Å². The molecule has 8 heteroatoms. The average Bonchev–Trinajstić information content (AvgIpc) is 3.26. The lowest BCUT2D eigenvalue weighted by molar-refractivity contribution is -0.135. The van der Waals surface area contributed by atoms with Crippen molar-refractivity contribution < 1.29 is 14.4 Å². The lowest BCUT2D eigenvalue weighted by atomic mass is 9.96. The zero-order valence-corrected chi connectivity index (χ0v) is 13.6. The van der Waals surface area contributed by atoms with Gasteiger partial charge >= 0.3 is 6.03 Å². The van der Waals surface area contributed by atoms with E-state index in [2.05, 4.69) is 15.6 Å². The Morgan fingerprint density at radius 3 is 2.96 bits per heavy atom. The molecule has 0 radical (unpaired) electrons. The van der Waals surface area contributed by atoms with E-state index in [1.165, 1.54) is 0 Å². The van der Waals surface area contributed by atoms with Crippen LogP contribution in [0.1, 0.15) is 32.0 Å². The molecule has 0 aromatic carbocycles. The van der Waals surface area contributed by atoms with Crippen LogP contribution in [-0.2, 0) is 22.6 Å².